The highest BCUT2D eigenvalue weighted by Crippen LogP contribution is 2.22. The van der Waals surface area contributed by atoms with E-state index in [4.69, 9.17) is 0 Å². The van der Waals surface area contributed by atoms with Crippen LogP contribution in [-0.4, -0.2) is 26.3 Å². The third kappa shape index (κ3) is 7.03. The average Bonchev–Trinajstić information content (AvgIpc) is 2.72. The third-order valence-electron chi connectivity index (χ3n) is 4.53. The summed E-state index contributed by atoms with van der Waals surface area (Å²) in [5, 5.41) is 0.897. The number of benzene rings is 2. The Hall–Kier alpha value is -3.00. The van der Waals surface area contributed by atoms with Crippen LogP contribution in [0, 0.1) is 11.7 Å². The lowest BCUT2D eigenvalue weighted by atomic mass is 10.00. The minimum atomic E-state index is -4.09. The molecule has 0 spiro atoms. The van der Waals surface area contributed by atoms with Gasteiger partial charge in [0.25, 0.3) is 10.0 Å². The molecule has 0 aliphatic rings. The molecule has 0 bridgehead atoms. The van der Waals surface area contributed by atoms with Crippen LogP contribution < -0.4 is 9.62 Å². The number of amides is 2. The van der Waals surface area contributed by atoms with Crippen molar-refractivity contribution in [3.63, 3.8) is 0 Å². The van der Waals surface area contributed by atoms with Gasteiger partial charge in [-0.25, -0.2) is 17.5 Å². The van der Waals surface area contributed by atoms with Crippen molar-refractivity contribution in [1.29, 1.82) is 0 Å². The third-order valence-corrected chi connectivity index (χ3v) is 5.51. The van der Waals surface area contributed by atoms with Crippen LogP contribution in [0.1, 0.15) is 39.2 Å². The lowest BCUT2D eigenvalue weighted by molar-refractivity contribution is -0.133. The Morgan fingerprint density at radius 3 is 2.23 bits per heavy atom. The van der Waals surface area contributed by atoms with E-state index in [-0.39, 0.29) is 12.5 Å². The molecule has 0 saturated carbocycles. The van der Waals surface area contributed by atoms with E-state index >= 15 is 0 Å². The molecule has 31 heavy (non-hydrogen) atoms. The monoisotopic (exact) mass is 446 g/mol. The van der Waals surface area contributed by atoms with Gasteiger partial charge in [-0.15, -0.1) is 0 Å². The molecule has 2 aromatic carbocycles. The van der Waals surface area contributed by atoms with Gasteiger partial charge in [-0.2, -0.15) is 0 Å². The second-order valence-corrected chi connectivity index (χ2v) is 8.91. The molecule has 0 aromatic heterocycles. The zero-order valence-electron chi connectivity index (χ0n) is 17.8. The summed E-state index contributed by atoms with van der Waals surface area (Å²) in [7, 11) is -4.09. The summed E-state index contributed by atoms with van der Waals surface area (Å²) < 4.78 is 40.0. The Morgan fingerprint density at radius 1 is 1.06 bits per heavy atom. The van der Waals surface area contributed by atoms with Crippen molar-refractivity contribution >= 4 is 33.6 Å². The van der Waals surface area contributed by atoms with E-state index < -0.39 is 33.6 Å². The van der Waals surface area contributed by atoms with E-state index in [2.05, 4.69) is 0 Å². The van der Waals surface area contributed by atoms with Gasteiger partial charge in [-0.05, 0) is 56.2 Å². The van der Waals surface area contributed by atoms with Gasteiger partial charge in [0, 0.05) is 11.7 Å². The minimum Gasteiger partial charge on any atom is -0.309 e. The first-order valence-electron chi connectivity index (χ1n) is 10.0. The molecule has 8 heteroatoms. The lowest BCUT2D eigenvalue weighted by Gasteiger charge is -2.30. The largest absolute Gasteiger partial charge is 0.309 e. The standard InChI is InChI=1S/C23H27FN2O4S/c1-4-8-21(23(28)26(17(2)3)20-13-11-19(24)12-14-20)22(27)25-31(29,30)16-15-18-9-6-5-7-10-18/h5-7,9-17,21H,4,8H2,1-3H3,(H,25,27)/b16-15+. The molecule has 1 N–H and O–H groups in total. The summed E-state index contributed by atoms with van der Waals surface area (Å²) in [6.07, 6.45) is 2.04. The highest BCUT2D eigenvalue weighted by Gasteiger charge is 2.33. The molecule has 2 aromatic rings. The van der Waals surface area contributed by atoms with Crippen LogP contribution in [-0.2, 0) is 19.6 Å². The molecule has 166 valence electrons. The molecule has 0 radical (unpaired) electrons. The van der Waals surface area contributed by atoms with Crippen molar-refractivity contribution < 1.29 is 22.4 Å². The topological polar surface area (TPSA) is 83.5 Å². The number of anilines is 1. The average molecular weight is 447 g/mol. The van der Waals surface area contributed by atoms with Gasteiger partial charge in [0.05, 0.1) is 5.41 Å². The van der Waals surface area contributed by atoms with Crippen LogP contribution in [0.4, 0.5) is 10.1 Å². The van der Waals surface area contributed by atoms with Gasteiger partial charge in [0.15, 0.2) is 0 Å². The Labute approximate surface area is 182 Å². The predicted octanol–water partition coefficient (Wildman–Crippen LogP) is 4.10. The van der Waals surface area contributed by atoms with E-state index in [1.807, 2.05) is 4.72 Å². The molecule has 2 rings (SSSR count). The van der Waals surface area contributed by atoms with Gasteiger partial charge in [0.1, 0.15) is 11.7 Å². The van der Waals surface area contributed by atoms with Crippen LogP contribution in [0.2, 0.25) is 0 Å². The van der Waals surface area contributed by atoms with Gasteiger partial charge in [0.2, 0.25) is 11.8 Å². The SMILES string of the molecule is CCCC(C(=O)NS(=O)(=O)/C=C/c1ccccc1)C(=O)N(c1ccc(F)cc1)C(C)C. The maximum Gasteiger partial charge on any atom is 0.257 e. The molecule has 0 saturated heterocycles. The van der Waals surface area contributed by atoms with E-state index in [1.54, 1.807) is 51.1 Å². The van der Waals surface area contributed by atoms with Crippen molar-refractivity contribution in [3.8, 4) is 0 Å². The van der Waals surface area contributed by atoms with Crippen LogP contribution >= 0.6 is 0 Å². The van der Waals surface area contributed by atoms with Gasteiger partial charge < -0.3 is 4.90 Å². The second kappa shape index (κ2) is 10.9. The predicted molar refractivity (Wildman–Crippen MR) is 120 cm³/mol. The second-order valence-electron chi connectivity index (χ2n) is 7.34. The highest BCUT2D eigenvalue weighted by molar-refractivity contribution is 7.93. The summed E-state index contributed by atoms with van der Waals surface area (Å²) in [5.74, 6) is -3.07. The van der Waals surface area contributed by atoms with Crippen LogP contribution in [0.3, 0.4) is 0 Å². The molecular formula is C23H27FN2O4S. The fourth-order valence-electron chi connectivity index (χ4n) is 3.08. The summed E-state index contributed by atoms with van der Waals surface area (Å²) in [6.45, 7) is 5.33. The Kier molecular flexibility index (Phi) is 8.50. The number of carbonyl (C=O) groups excluding carboxylic acids is 2. The van der Waals surface area contributed by atoms with Gasteiger partial charge in [-0.3, -0.25) is 9.59 Å². The number of sulfonamides is 1. The Bertz CT molecular complexity index is 1020. The first-order valence-corrected chi connectivity index (χ1v) is 11.6. The molecule has 0 heterocycles. The van der Waals surface area contributed by atoms with Crippen molar-refractivity contribution in [3.05, 3.63) is 71.4 Å². The van der Waals surface area contributed by atoms with Gasteiger partial charge in [-0.1, -0.05) is 43.7 Å². The number of nitrogens with zero attached hydrogens (tertiary/aromatic N) is 1. The van der Waals surface area contributed by atoms with Crippen molar-refractivity contribution in [2.45, 2.75) is 39.7 Å². The molecule has 2 amide bonds. The number of rotatable bonds is 9. The normalized spacial score (nSPS) is 12.7. The highest BCUT2D eigenvalue weighted by atomic mass is 32.2. The summed E-state index contributed by atoms with van der Waals surface area (Å²) in [6, 6.07) is 13.8. The Morgan fingerprint density at radius 2 is 1.68 bits per heavy atom. The summed E-state index contributed by atoms with van der Waals surface area (Å²) in [5.41, 5.74) is 1.09. The van der Waals surface area contributed by atoms with E-state index in [0.29, 0.717) is 17.7 Å². The van der Waals surface area contributed by atoms with E-state index in [9.17, 15) is 22.4 Å². The number of nitrogens with one attached hydrogen (secondary N) is 1. The van der Waals surface area contributed by atoms with Gasteiger partial charge >= 0.3 is 0 Å². The van der Waals surface area contributed by atoms with Crippen molar-refractivity contribution in [2.24, 2.45) is 5.92 Å². The molecule has 6 nitrogen and oxygen atoms in total. The maximum absolute atomic E-state index is 13.3. The van der Waals surface area contributed by atoms with Crippen LogP contribution in [0.25, 0.3) is 6.08 Å². The fourth-order valence-corrected chi connectivity index (χ4v) is 3.91. The maximum atomic E-state index is 13.3. The molecule has 1 atom stereocenters. The zero-order chi connectivity index (χ0) is 23.0. The van der Waals surface area contributed by atoms with Crippen molar-refractivity contribution in [2.75, 3.05) is 4.90 Å². The number of carbonyl (C=O) groups is 2. The van der Waals surface area contributed by atoms with E-state index in [1.165, 1.54) is 35.2 Å². The molecule has 0 aliphatic heterocycles. The first kappa shape index (κ1) is 24.3. The van der Waals surface area contributed by atoms with Crippen LogP contribution in [0.5, 0.6) is 0 Å². The summed E-state index contributed by atoms with van der Waals surface area (Å²) >= 11 is 0. The quantitative estimate of drug-likeness (QED) is 0.588. The Balaban J connectivity index is 2.24. The number of halogens is 1. The minimum absolute atomic E-state index is 0.174. The van der Waals surface area contributed by atoms with Crippen LogP contribution in [0.15, 0.2) is 60.0 Å². The smallest absolute Gasteiger partial charge is 0.257 e. The molecule has 1 unspecified atom stereocenters. The fraction of sp³-hybridized carbons (Fsp3) is 0.304. The molecule has 0 fully saturated rings. The number of hydrogen-bond donors (Lipinski definition) is 1. The van der Waals surface area contributed by atoms with E-state index in [0.717, 1.165) is 5.41 Å². The van der Waals surface area contributed by atoms with Crippen molar-refractivity contribution in [1.82, 2.24) is 4.72 Å². The molecule has 0 aliphatic carbocycles. The lowest BCUT2D eigenvalue weighted by Crippen LogP contribution is -2.47. The summed E-state index contributed by atoms with van der Waals surface area (Å²) in [4.78, 5) is 27.4. The number of hydrogen-bond acceptors (Lipinski definition) is 4. The zero-order valence-corrected chi connectivity index (χ0v) is 18.6. The first-order chi connectivity index (χ1) is 14.6. The molecular weight excluding hydrogens is 419 g/mol.